The topological polar surface area (TPSA) is 54.1 Å². The van der Waals surface area contributed by atoms with E-state index in [-0.39, 0.29) is 0 Å². The predicted octanol–water partition coefficient (Wildman–Crippen LogP) is 3.29. The molecular weight excluding hydrogens is 280 g/mol. The Bertz CT molecular complexity index is 595. The summed E-state index contributed by atoms with van der Waals surface area (Å²) < 4.78 is 5.18. The molecule has 0 bridgehead atoms. The quantitative estimate of drug-likeness (QED) is 0.852. The van der Waals surface area contributed by atoms with Gasteiger partial charge in [-0.1, -0.05) is 17.7 Å². The number of nitrogens with zero attached hydrogens (tertiary/aromatic N) is 2. The first-order valence-electron chi connectivity index (χ1n) is 6.23. The maximum Gasteiger partial charge on any atom is 0.415 e. The SMILES string of the molecule is [C-]#[N+]c1ccc(N2C(=O)O[C@H](C)[C@@H]2[C@H](C)O)c(C)c1Cl. The van der Waals surface area contributed by atoms with E-state index in [2.05, 4.69) is 4.85 Å². The summed E-state index contributed by atoms with van der Waals surface area (Å²) in [6.45, 7) is 12.1. The average Bonchev–Trinajstić information content (AvgIpc) is 2.67. The van der Waals surface area contributed by atoms with Gasteiger partial charge in [0.25, 0.3) is 0 Å². The summed E-state index contributed by atoms with van der Waals surface area (Å²) in [6, 6.07) is 2.74. The molecule has 0 saturated carbocycles. The van der Waals surface area contributed by atoms with Crippen LogP contribution < -0.4 is 4.90 Å². The second-order valence-electron chi connectivity index (χ2n) is 4.84. The first-order valence-corrected chi connectivity index (χ1v) is 6.60. The number of hydrogen-bond acceptors (Lipinski definition) is 3. The van der Waals surface area contributed by atoms with Crippen molar-refractivity contribution < 1.29 is 14.6 Å². The van der Waals surface area contributed by atoms with E-state index in [1.165, 1.54) is 4.90 Å². The molecule has 6 heteroatoms. The zero-order valence-corrected chi connectivity index (χ0v) is 12.2. The highest BCUT2D eigenvalue weighted by Crippen LogP contribution is 2.38. The molecule has 0 spiro atoms. The van der Waals surface area contributed by atoms with E-state index in [0.29, 0.717) is 22.0 Å². The molecule has 106 valence electrons. The van der Waals surface area contributed by atoms with Crippen molar-refractivity contribution in [1.82, 2.24) is 0 Å². The molecule has 1 aromatic rings. The summed E-state index contributed by atoms with van der Waals surface area (Å²) in [5.41, 5.74) is 1.52. The van der Waals surface area contributed by atoms with Crippen LogP contribution in [0.2, 0.25) is 5.02 Å². The van der Waals surface area contributed by atoms with Crippen molar-refractivity contribution >= 4 is 29.1 Å². The Kier molecular flexibility index (Phi) is 3.89. The van der Waals surface area contributed by atoms with Crippen LogP contribution in [0, 0.1) is 13.5 Å². The molecule has 1 amide bonds. The first kappa shape index (κ1) is 14.6. The minimum Gasteiger partial charge on any atom is -0.444 e. The van der Waals surface area contributed by atoms with Gasteiger partial charge in [-0.25, -0.2) is 9.64 Å². The average molecular weight is 295 g/mol. The number of hydrogen-bond donors (Lipinski definition) is 1. The second-order valence-corrected chi connectivity index (χ2v) is 5.22. The van der Waals surface area contributed by atoms with Gasteiger partial charge in [0.05, 0.1) is 17.7 Å². The summed E-state index contributed by atoms with van der Waals surface area (Å²) in [6.07, 6.45) is -1.67. The zero-order chi connectivity index (χ0) is 15.0. The van der Waals surface area contributed by atoms with Crippen LogP contribution in [0.5, 0.6) is 0 Å². The van der Waals surface area contributed by atoms with Crippen molar-refractivity contribution in [3.05, 3.63) is 34.1 Å². The van der Waals surface area contributed by atoms with Crippen LogP contribution in [-0.2, 0) is 4.74 Å². The van der Waals surface area contributed by atoms with E-state index >= 15 is 0 Å². The lowest BCUT2D eigenvalue weighted by molar-refractivity contribution is 0.0994. The van der Waals surface area contributed by atoms with Crippen molar-refractivity contribution in [1.29, 1.82) is 0 Å². The number of aliphatic hydroxyl groups is 1. The number of carbonyl (C=O) groups is 1. The monoisotopic (exact) mass is 294 g/mol. The first-order chi connectivity index (χ1) is 9.38. The molecule has 1 aliphatic heterocycles. The smallest absolute Gasteiger partial charge is 0.415 e. The lowest BCUT2D eigenvalue weighted by Crippen LogP contribution is -2.44. The predicted molar refractivity (Wildman–Crippen MR) is 76.3 cm³/mol. The van der Waals surface area contributed by atoms with E-state index < -0.39 is 24.3 Å². The Morgan fingerprint density at radius 3 is 2.75 bits per heavy atom. The number of carbonyl (C=O) groups excluding carboxylic acids is 1. The molecule has 2 rings (SSSR count). The van der Waals surface area contributed by atoms with Crippen LogP contribution in [0.4, 0.5) is 16.2 Å². The maximum atomic E-state index is 12.0. The van der Waals surface area contributed by atoms with Crippen molar-refractivity contribution in [2.24, 2.45) is 0 Å². The van der Waals surface area contributed by atoms with E-state index in [4.69, 9.17) is 22.9 Å². The third-order valence-corrected chi connectivity index (χ3v) is 3.95. The number of cyclic esters (lactones) is 1. The molecule has 20 heavy (non-hydrogen) atoms. The Hall–Kier alpha value is -1.77. The number of ether oxygens (including phenoxy) is 1. The highest BCUT2D eigenvalue weighted by Gasteiger charge is 2.43. The molecule has 5 nitrogen and oxygen atoms in total. The number of anilines is 1. The standard InChI is InChI=1S/C14H15ClN2O3/c1-7-11(6-5-10(16-4)12(7)15)17-13(8(2)18)9(3)20-14(17)19/h5-6,8-9,13,18H,1-3H3/t8-,9+,13-/m0/s1. The Labute approximate surface area is 122 Å². The fraction of sp³-hybridized carbons (Fsp3) is 0.429. The van der Waals surface area contributed by atoms with Gasteiger partial charge in [0, 0.05) is 5.69 Å². The zero-order valence-electron chi connectivity index (χ0n) is 11.4. The number of halogens is 1. The van der Waals surface area contributed by atoms with Gasteiger partial charge in [-0.15, -0.1) is 0 Å². The minimum atomic E-state index is -0.741. The molecule has 1 aromatic carbocycles. The summed E-state index contributed by atoms with van der Waals surface area (Å²) in [4.78, 5) is 16.7. The van der Waals surface area contributed by atoms with Crippen LogP contribution in [0.3, 0.4) is 0 Å². The fourth-order valence-electron chi connectivity index (χ4n) is 2.49. The van der Waals surface area contributed by atoms with Crippen LogP contribution in [0.25, 0.3) is 4.85 Å². The van der Waals surface area contributed by atoms with Gasteiger partial charge < -0.3 is 9.84 Å². The van der Waals surface area contributed by atoms with Gasteiger partial charge in [0.15, 0.2) is 0 Å². The normalized spacial score (nSPS) is 23.4. The summed E-state index contributed by atoms with van der Waals surface area (Å²) in [7, 11) is 0. The van der Waals surface area contributed by atoms with Gasteiger partial charge in [0.1, 0.15) is 12.1 Å². The second kappa shape index (κ2) is 5.31. The van der Waals surface area contributed by atoms with Gasteiger partial charge in [-0.2, -0.15) is 0 Å². The maximum absolute atomic E-state index is 12.0. The van der Waals surface area contributed by atoms with Crippen molar-refractivity contribution in [3.63, 3.8) is 0 Å². The van der Waals surface area contributed by atoms with Gasteiger partial charge in [0.2, 0.25) is 5.69 Å². The molecule has 0 unspecified atom stereocenters. The van der Waals surface area contributed by atoms with Gasteiger partial charge in [-0.05, 0) is 32.4 Å². The molecule has 3 atom stereocenters. The molecule has 1 fully saturated rings. The molecule has 1 heterocycles. The van der Waals surface area contributed by atoms with Crippen LogP contribution in [0.15, 0.2) is 12.1 Å². The molecule has 0 radical (unpaired) electrons. The molecule has 1 N–H and O–H groups in total. The van der Waals surface area contributed by atoms with Crippen molar-refractivity contribution in [2.45, 2.75) is 39.0 Å². The van der Waals surface area contributed by atoms with E-state index in [1.807, 2.05) is 0 Å². The lowest BCUT2D eigenvalue weighted by atomic mass is 10.0. The Morgan fingerprint density at radius 2 is 2.20 bits per heavy atom. The number of amides is 1. The van der Waals surface area contributed by atoms with Gasteiger partial charge >= 0.3 is 6.09 Å². The summed E-state index contributed by atoms with van der Waals surface area (Å²) in [5.74, 6) is 0. The Balaban J connectivity index is 2.53. The number of benzene rings is 1. The number of aliphatic hydroxyl groups excluding tert-OH is 1. The highest BCUT2D eigenvalue weighted by atomic mass is 35.5. The molecule has 0 aromatic heterocycles. The highest BCUT2D eigenvalue weighted by molar-refractivity contribution is 6.34. The van der Waals surface area contributed by atoms with Crippen LogP contribution >= 0.6 is 11.6 Å². The lowest BCUT2D eigenvalue weighted by Gasteiger charge is -2.27. The van der Waals surface area contributed by atoms with Crippen LogP contribution in [0.1, 0.15) is 19.4 Å². The largest absolute Gasteiger partial charge is 0.444 e. The van der Waals surface area contributed by atoms with Crippen molar-refractivity contribution in [3.8, 4) is 0 Å². The summed E-state index contributed by atoms with van der Waals surface area (Å²) in [5, 5.41) is 10.2. The Morgan fingerprint density at radius 1 is 1.55 bits per heavy atom. The third-order valence-electron chi connectivity index (χ3n) is 3.47. The minimum absolute atomic E-state index is 0.314. The molecule has 1 aliphatic rings. The van der Waals surface area contributed by atoms with Crippen LogP contribution in [-0.4, -0.2) is 29.4 Å². The fourth-order valence-corrected chi connectivity index (χ4v) is 2.69. The van der Waals surface area contributed by atoms with E-state index in [0.717, 1.165) is 0 Å². The van der Waals surface area contributed by atoms with Gasteiger partial charge in [-0.3, -0.25) is 4.90 Å². The van der Waals surface area contributed by atoms with E-state index in [1.54, 1.807) is 32.9 Å². The number of rotatable bonds is 2. The third kappa shape index (κ3) is 2.21. The molecule has 0 aliphatic carbocycles. The molecule has 1 saturated heterocycles. The van der Waals surface area contributed by atoms with E-state index in [9.17, 15) is 9.90 Å². The summed E-state index contributed by atoms with van der Waals surface area (Å²) >= 11 is 6.13. The molecular formula is C14H15ClN2O3. The van der Waals surface area contributed by atoms with Crippen molar-refractivity contribution in [2.75, 3.05) is 4.90 Å².